The fraction of sp³-hybridized carbons (Fsp3) is 0.600. The van der Waals surface area contributed by atoms with Crippen molar-refractivity contribution in [2.24, 2.45) is 0 Å². The quantitative estimate of drug-likeness (QED) is 0.387. The lowest BCUT2D eigenvalue weighted by molar-refractivity contribution is -0.141. The lowest BCUT2D eigenvalue weighted by Gasteiger charge is -1.92. The maximum atomic E-state index is 10.2. The summed E-state index contributed by atoms with van der Waals surface area (Å²) in [5, 5.41) is 7.91. The molecular formula is C5H7NO2. The van der Waals surface area contributed by atoms with Crippen LogP contribution >= 0.6 is 0 Å². The lowest BCUT2D eigenvalue weighted by atomic mass is 10.6. The van der Waals surface area contributed by atoms with Gasteiger partial charge in [-0.25, -0.2) is 0 Å². The number of hydrogen-bond acceptors (Lipinski definition) is 3. The van der Waals surface area contributed by atoms with E-state index in [1.165, 1.54) is 0 Å². The minimum absolute atomic E-state index is 0.145. The number of ether oxygens (including phenoxy) is 1. The van der Waals surface area contributed by atoms with Gasteiger partial charge in [0.15, 0.2) is 0 Å². The second-order valence-corrected chi connectivity index (χ2v) is 1.14. The highest BCUT2D eigenvalue weighted by Crippen LogP contribution is 1.81. The summed E-state index contributed by atoms with van der Waals surface area (Å²) in [6, 6.07) is 1.68. The largest absolute Gasteiger partial charge is 0.465 e. The molecule has 0 atom stereocenters. The fourth-order valence-electron chi connectivity index (χ4n) is 0.277. The first-order chi connectivity index (χ1) is 3.81. The Morgan fingerprint density at radius 2 is 2.50 bits per heavy atom. The van der Waals surface area contributed by atoms with Crippen LogP contribution in [-0.2, 0) is 9.53 Å². The summed E-state index contributed by atoms with van der Waals surface area (Å²) < 4.78 is 4.42. The number of esters is 1. The molecular weight excluding hydrogens is 107 g/mol. The number of carbonyl (C=O) groups is 1. The molecule has 0 aromatic rings. The third kappa shape index (κ3) is 3.16. The lowest BCUT2D eigenvalue weighted by Crippen LogP contribution is -2.01. The molecule has 0 spiro atoms. The predicted molar refractivity (Wildman–Crippen MR) is 26.9 cm³/mol. The van der Waals surface area contributed by atoms with Crippen LogP contribution in [0.1, 0.15) is 13.3 Å². The Bertz CT molecular complexity index is 114. The summed E-state index contributed by atoms with van der Waals surface area (Å²) in [7, 11) is 0. The average Bonchev–Trinajstić information content (AvgIpc) is 1.68. The van der Waals surface area contributed by atoms with Crippen molar-refractivity contribution in [1.29, 1.82) is 5.26 Å². The van der Waals surface area contributed by atoms with Crippen LogP contribution in [0.2, 0.25) is 0 Å². The number of nitriles is 1. The van der Waals surface area contributed by atoms with Crippen molar-refractivity contribution in [3.05, 3.63) is 0 Å². The van der Waals surface area contributed by atoms with Crippen LogP contribution in [0, 0.1) is 11.3 Å². The molecule has 0 aromatic heterocycles. The van der Waals surface area contributed by atoms with E-state index in [-0.39, 0.29) is 6.42 Å². The van der Waals surface area contributed by atoms with Gasteiger partial charge in [-0.2, -0.15) is 5.26 Å². The van der Waals surface area contributed by atoms with Gasteiger partial charge in [0, 0.05) is 0 Å². The van der Waals surface area contributed by atoms with Crippen molar-refractivity contribution in [2.75, 3.05) is 6.61 Å². The molecule has 0 rings (SSSR count). The Labute approximate surface area is 47.9 Å². The van der Waals surface area contributed by atoms with E-state index in [1.54, 1.807) is 13.0 Å². The van der Waals surface area contributed by atoms with E-state index in [0.29, 0.717) is 6.61 Å². The van der Waals surface area contributed by atoms with Gasteiger partial charge < -0.3 is 4.74 Å². The highest BCUT2D eigenvalue weighted by Gasteiger charge is 1.95. The van der Waals surface area contributed by atoms with E-state index in [9.17, 15) is 4.79 Å². The fourth-order valence-corrected chi connectivity index (χ4v) is 0.277. The number of carbonyl (C=O) groups excluding carboxylic acids is 1. The Morgan fingerprint density at radius 3 is 2.88 bits per heavy atom. The SMILES string of the molecule is CCOC(=O)C[13C]#N. The van der Waals surface area contributed by atoms with Gasteiger partial charge in [-0.15, -0.1) is 0 Å². The van der Waals surface area contributed by atoms with E-state index >= 15 is 0 Å². The second-order valence-electron chi connectivity index (χ2n) is 1.14. The first-order valence-corrected chi connectivity index (χ1v) is 2.33. The van der Waals surface area contributed by atoms with Gasteiger partial charge >= 0.3 is 5.97 Å². The van der Waals surface area contributed by atoms with Crippen molar-refractivity contribution < 1.29 is 9.53 Å². The maximum absolute atomic E-state index is 10.2. The smallest absolute Gasteiger partial charge is 0.320 e. The molecule has 0 heterocycles. The van der Waals surface area contributed by atoms with E-state index in [2.05, 4.69) is 4.74 Å². The maximum Gasteiger partial charge on any atom is 0.320 e. The van der Waals surface area contributed by atoms with Crippen LogP contribution in [0.3, 0.4) is 0 Å². The van der Waals surface area contributed by atoms with Crippen molar-refractivity contribution in [1.82, 2.24) is 0 Å². The average molecular weight is 114 g/mol. The summed E-state index contributed by atoms with van der Waals surface area (Å²) in [5.74, 6) is -0.449. The number of rotatable bonds is 2. The van der Waals surface area contributed by atoms with Crippen LogP contribution in [0.25, 0.3) is 0 Å². The van der Waals surface area contributed by atoms with Gasteiger partial charge in [0.05, 0.1) is 12.7 Å². The molecule has 0 radical (unpaired) electrons. The first kappa shape index (κ1) is 6.96. The Morgan fingerprint density at radius 1 is 1.88 bits per heavy atom. The third-order valence-corrected chi connectivity index (χ3v) is 0.529. The molecule has 0 saturated heterocycles. The molecule has 44 valence electrons. The minimum Gasteiger partial charge on any atom is -0.465 e. The first-order valence-electron chi connectivity index (χ1n) is 2.33. The molecule has 3 nitrogen and oxygen atoms in total. The van der Waals surface area contributed by atoms with Crippen LogP contribution < -0.4 is 0 Å². The molecule has 0 unspecified atom stereocenters. The summed E-state index contributed by atoms with van der Waals surface area (Å²) >= 11 is 0. The Hall–Kier alpha value is -1.04. The molecule has 3 heteroatoms. The summed E-state index contributed by atoms with van der Waals surface area (Å²) in [5.41, 5.74) is 0. The van der Waals surface area contributed by atoms with Crippen LogP contribution in [-0.4, -0.2) is 12.6 Å². The van der Waals surface area contributed by atoms with Crippen molar-refractivity contribution in [2.45, 2.75) is 13.3 Å². The molecule has 0 aliphatic rings. The second kappa shape index (κ2) is 4.13. The molecule has 0 aliphatic carbocycles. The van der Waals surface area contributed by atoms with Gasteiger partial charge in [0.2, 0.25) is 0 Å². The van der Waals surface area contributed by atoms with Gasteiger partial charge in [-0.05, 0) is 6.92 Å². The Kier molecular flexibility index (Phi) is 3.59. The van der Waals surface area contributed by atoms with Gasteiger partial charge in [0.25, 0.3) is 0 Å². The Balaban J connectivity index is 3.23. The van der Waals surface area contributed by atoms with Gasteiger partial charge in [-0.1, -0.05) is 0 Å². The molecule has 0 fully saturated rings. The minimum atomic E-state index is -0.449. The molecule has 0 amide bonds. The van der Waals surface area contributed by atoms with E-state index in [1.807, 2.05) is 0 Å². The topological polar surface area (TPSA) is 50.1 Å². The summed E-state index contributed by atoms with van der Waals surface area (Å²) in [6.45, 7) is 2.05. The number of hydrogen-bond donors (Lipinski definition) is 0. The molecule has 0 aromatic carbocycles. The monoisotopic (exact) mass is 114 g/mol. The van der Waals surface area contributed by atoms with Crippen molar-refractivity contribution in [3.8, 4) is 6.07 Å². The van der Waals surface area contributed by atoms with Gasteiger partial charge in [0.1, 0.15) is 6.42 Å². The van der Waals surface area contributed by atoms with Crippen LogP contribution in [0.5, 0.6) is 0 Å². The summed E-state index contributed by atoms with van der Waals surface area (Å²) in [6.07, 6.45) is -0.145. The molecule has 0 bridgehead atoms. The van der Waals surface area contributed by atoms with Gasteiger partial charge in [-0.3, -0.25) is 4.79 Å². The molecule has 0 saturated carbocycles. The van der Waals surface area contributed by atoms with E-state index < -0.39 is 5.97 Å². The third-order valence-electron chi connectivity index (χ3n) is 0.529. The zero-order chi connectivity index (χ0) is 6.41. The highest BCUT2D eigenvalue weighted by molar-refractivity contribution is 5.71. The molecule has 0 N–H and O–H groups in total. The predicted octanol–water partition coefficient (Wildman–Crippen LogP) is 0.463. The van der Waals surface area contributed by atoms with Crippen LogP contribution in [0.4, 0.5) is 0 Å². The normalized spacial score (nSPS) is 7.50. The van der Waals surface area contributed by atoms with E-state index in [4.69, 9.17) is 5.26 Å². The standard InChI is InChI=1S/C5H7NO2/c1-2-8-5(7)3-4-6/h2-3H2,1H3/i4+1. The zero-order valence-corrected chi connectivity index (χ0v) is 4.68. The molecule has 0 aliphatic heterocycles. The van der Waals surface area contributed by atoms with Crippen molar-refractivity contribution >= 4 is 5.97 Å². The zero-order valence-electron chi connectivity index (χ0n) is 4.68. The number of nitrogens with zero attached hydrogens (tertiary/aromatic N) is 1. The summed E-state index contributed by atoms with van der Waals surface area (Å²) in [4.78, 5) is 10.2. The molecule has 8 heavy (non-hydrogen) atoms. The van der Waals surface area contributed by atoms with Crippen molar-refractivity contribution in [3.63, 3.8) is 0 Å². The van der Waals surface area contributed by atoms with E-state index in [0.717, 1.165) is 0 Å². The highest BCUT2D eigenvalue weighted by atomic mass is 16.5. The van der Waals surface area contributed by atoms with Crippen LogP contribution in [0.15, 0.2) is 0 Å².